The van der Waals surface area contributed by atoms with Crippen molar-refractivity contribution in [3.05, 3.63) is 27.8 Å². The average molecular weight is 294 g/mol. The number of amides is 1. The molecule has 114 valence electrons. The molecule has 0 radical (unpaired) electrons. The topological polar surface area (TPSA) is 122 Å². The van der Waals surface area contributed by atoms with E-state index in [9.17, 15) is 14.9 Å². The maximum Gasteiger partial charge on any atom is 0.404 e. The number of hydrogen-bond donors (Lipinski definition) is 3. The van der Waals surface area contributed by atoms with Gasteiger partial charge in [-0.3, -0.25) is 10.1 Å². The molecule has 21 heavy (non-hydrogen) atoms. The van der Waals surface area contributed by atoms with E-state index in [1.807, 2.05) is 0 Å². The predicted octanol–water partition coefficient (Wildman–Crippen LogP) is 1.72. The number of nitrogens with two attached hydrogens (primary N) is 1. The molecule has 1 aliphatic heterocycles. The smallest absolute Gasteiger partial charge is 0.404 e. The predicted molar refractivity (Wildman–Crippen MR) is 78.6 cm³/mol. The Balaban J connectivity index is 2.11. The quantitative estimate of drug-likeness (QED) is 0.443. The summed E-state index contributed by atoms with van der Waals surface area (Å²) in [5.74, 6) is 0. The SMILES string of the molecule is Cc1cc(N2CCC(NC(=O)O)CC2)cc(N)c1[N+](=O)[O-]. The Morgan fingerprint density at radius 1 is 1.48 bits per heavy atom. The van der Waals surface area contributed by atoms with Crippen LogP contribution in [0.5, 0.6) is 0 Å². The Morgan fingerprint density at radius 3 is 2.57 bits per heavy atom. The van der Waals surface area contributed by atoms with Crippen LogP contribution < -0.4 is 16.0 Å². The molecule has 1 saturated heterocycles. The first-order valence-corrected chi connectivity index (χ1v) is 6.67. The minimum Gasteiger partial charge on any atom is -0.465 e. The molecule has 2 rings (SSSR count). The van der Waals surface area contributed by atoms with Crippen molar-refractivity contribution in [1.82, 2.24) is 5.32 Å². The summed E-state index contributed by atoms with van der Waals surface area (Å²) < 4.78 is 0. The highest BCUT2D eigenvalue weighted by molar-refractivity contribution is 5.70. The minimum absolute atomic E-state index is 0.0461. The van der Waals surface area contributed by atoms with E-state index >= 15 is 0 Å². The number of hydrogen-bond acceptors (Lipinski definition) is 5. The number of piperidine rings is 1. The standard InChI is InChI=1S/C13H18N4O4/c1-8-6-10(7-11(14)12(8)17(20)21)16-4-2-9(3-5-16)15-13(18)19/h6-7,9,15H,2-5,14H2,1H3,(H,18,19). The Morgan fingerprint density at radius 2 is 2.10 bits per heavy atom. The lowest BCUT2D eigenvalue weighted by Crippen LogP contribution is -2.44. The van der Waals surface area contributed by atoms with Gasteiger partial charge >= 0.3 is 6.09 Å². The van der Waals surface area contributed by atoms with Crippen LogP contribution in [0.15, 0.2) is 12.1 Å². The van der Waals surface area contributed by atoms with E-state index in [2.05, 4.69) is 10.2 Å². The molecule has 0 bridgehead atoms. The largest absolute Gasteiger partial charge is 0.465 e. The molecular weight excluding hydrogens is 276 g/mol. The van der Waals surface area contributed by atoms with E-state index in [4.69, 9.17) is 10.8 Å². The summed E-state index contributed by atoms with van der Waals surface area (Å²) in [7, 11) is 0. The molecule has 0 saturated carbocycles. The summed E-state index contributed by atoms with van der Waals surface area (Å²) in [4.78, 5) is 23.1. The normalized spacial score (nSPS) is 15.8. The fourth-order valence-corrected chi connectivity index (χ4v) is 2.68. The van der Waals surface area contributed by atoms with Crippen LogP contribution in [-0.2, 0) is 0 Å². The van der Waals surface area contributed by atoms with Gasteiger partial charge in [-0.1, -0.05) is 0 Å². The molecule has 1 aromatic rings. The fraction of sp³-hybridized carbons (Fsp3) is 0.462. The lowest BCUT2D eigenvalue weighted by molar-refractivity contribution is -0.384. The number of carboxylic acid groups (broad SMARTS) is 1. The number of nitrogens with one attached hydrogen (secondary N) is 1. The Bertz CT molecular complexity index is 544. The molecule has 8 nitrogen and oxygen atoms in total. The van der Waals surface area contributed by atoms with Gasteiger partial charge < -0.3 is 21.1 Å². The number of aryl methyl sites for hydroxylation is 1. The lowest BCUT2D eigenvalue weighted by Gasteiger charge is -2.33. The molecule has 0 unspecified atom stereocenters. The van der Waals surface area contributed by atoms with Crippen LogP contribution in [0.3, 0.4) is 0 Å². The van der Waals surface area contributed by atoms with E-state index < -0.39 is 11.0 Å². The van der Waals surface area contributed by atoms with Gasteiger partial charge in [-0.05, 0) is 31.9 Å². The molecule has 0 aliphatic carbocycles. The fourth-order valence-electron chi connectivity index (χ4n) is 2.68. The Labute approximate surface area is 121 Å². The molecule has 0 spiro atoms. The van der Waals surface area contributed by atoms with Crippen molar-refractivity contribution in [1.29, 1.82) is 0 Å². The summed E-state index contributed by atoms with van der Waals surface area (Å²) in [5.41, 5.74) is 7.23. The summed E-state index contributed by atoms with van der Waals surface area (Å²) in [5, 5.41) is 22.1. The second-order valence-corrected chi connectivity index (χ2v) is 5.17. The van der Waals surface area contributed by atoms with Gasteiger partial charge in [-0.2, -0.15) is 0 Å². The number of carbonyl (C=O) groups is 1. The number of nitrogen functional groups attached to an aromatic ring is 1. The van der Waals surface area contributed by atoms with Gasteiger partial charge in [0, 0.05) is 30.4 Å². The zero-order valence-electron chi connectivity index (χ0n) is 11.7. The van der Waals surface area contributed by atoms with Gasteiger partial charge in [-0.15, -0.1) is 0 Å². The van der Waals surface area contributed by atoms with E-state index in [-0.39, 0.29) is 17.4 Å². The molecular formula is C13H18N4O4. The molecule has 1 fully saturated rings. The van der Waals surface area contributed by atoms with Crippen molar-refractivity contribution < 1.29 is 14.8 Å². The van der Waals surface area contributed by atoms with Gasteiger partial charge in [0.15, 0.2) is 0 Å². The lowest BCUT2D eigenvalue weighted by atomic mass is 10.0. The highest BCUT2D eigenvalue weighted by Gasteiger charge is 2.23. The Hall–Kier alpha value is -2.51. The maximum atomic E-state index is 10.9. The van der Waals surface area contributed by atoms with Crippen molar-refractivity contribution in [3.63, 3.8) is 0 Å². The second kappa shape index (κ2) is 5.86. The third-order valence-electron chi connectivity index (χ3n) is 3.69. The molecule has 0 atom stereocenters. The van der Waals surface area contributed by atoms with Crippen LogP contribution in [0.1, 0.15) is 18.4 Å². The third kappa shape index (κ3) is 3.33. The van der Waals surface area contributed by atoms with Crippen LogP contribution in [0.4, 0.5) is 21.9 Å². The van der Waals surface area contributed by atoms with Crippen LogP contribution >= 0.6 is 0 Å². The van der Waals surface area contributed by atoms with Crippen LogP contribution in [0.2, 0.25) is 0 Å². The van der Waals surface area contributed by atoms with Gasteiger partial charge in [-0.25, -0.2) is 4.79 Å². The highest BCUT2D eigenvalue weighted by Crippen LogP contribution is 2.32. The number of rotatable bonds is 3. The van der Waals surface area contributed by atoms with Crippen molar-refractivity contribution in [2.24, 2.45) is 0 Å². The molecule has 1 heterocycles. The van der Waals surface area contributed by atoms with Crippen LogP contribution in [0.25, 0.3) is 0 Å². The van der Waals surface area contributed by atoms with Gasteiger partial charge in [0.2, 0.25) is 0 Å². The molecule has 4 N–H and O–H groups in total. The number of nitro benzene ring substituents is 1. The first-order valence-electron chi connectivity index (χ1n) is 6.67. The maximum absolute atomic E-state index is 10.9. The molecule has 1 aromatic carbocycles. The average Bonchev–Trinajstić information content (AvgIpc) is 2.37. The zero-order valence-corrected chi connectivity index (χ0v) is 11.7. The first kappa shape index (κ1) is 14.9. The van der Waals surface area contributed by atoms with Gasteiger partial charge in [0.25, 0.3) is 5.69 Å². The highest BCUT2D eigenvalue weighted by atomic mass is 16.6. The third-order valence-corrected chi connectivity index (χ3v) is 3.69. The number of anilines is 2. The van der Waals surface area contributed by atoms with Gasteiger partial charge in [0.05, 0.1) is 4.92 Å². The van der Waals surface area contributed by atoms with E-state index in [0.717, 1.165) is 5.69 Å². The summed E-state index contributed by atoms with van der Waals surface area (Å²) in [6.45, 7) is 3.03. The molecule has 8 heteroatoms. The van der Waals surface area contributed by atoms with Crippen molar-refractivity contribution in [2.45, 2.75) is 25.8 Å². The monoisotopic (exact) mass is 294 g/mol. The molecule has 1 amide bonds. The van der Waals surface area contributed by atoms with Gasteiger partial charge in [0.1, 0.15) is 5.69 Å². The van der Waals surface area contributed by atoms with E-state index in [1.165, 1.54) is 0 Å². The second-order valence-electron chi connectivity index (χ2n) is 5.17. The Kier molecular flexibility index (Phi) is 4.15. The summed E-state index contributed by atoms with van der Waals surface area (Å²) >= 11 is 0. The van der Waals surface area contributed by atoms with E-state index in [1.54, 1.807) is 19.1 Å². The molecule has 0 aromatic heterocycles. The number of nitrogens with zero attached hydrogens (tertiary/aromatic N) is 2. The molecule has 1 aliphatic rings. The van der Waals surface area contributed by atoms with Crippen molar-refractivity contribution in [3.8, 4) is 0 Å². The first-order chi connectivity index (χ1) is 9.88. The minimum atomic E-state index is -1.01. The summed E-state index contributed by atoms with van der Waals surface area (Å²) in [6, 6.07) is 3.31. The van der Waals surface area contributed by atoms with E-state index in [0.29, 0.717) is 31.5 Å². The summed E-state index contributed by atoms with van der Waals surface area (Å²) in [6.07, 6.45) is 0.383. The zero-order chi connectivity index (χ0) is 15.6. The van der Waals surface area contributed by atoms with Crippen molar-refractivity contribution >= 4 is 23.2 Å². The van der Waals surface area contributed by atoms with Crippen molar-refractivity contribution in [2.75, 3.05) is 23.7 Å². The van der Waals surface area contributed by atoms with Crippen LogP contribution in [-0.4, -0.2) is 35.3 Å². The van der Waals surface area contributed by atoms with Crippen LogP contribution in [0, 0.1) is 17.0 Å². The number of nitro groups is 1. The number of benzene rings is 1.